The van der Waals surface area contributed by atoms with Crippen molar-refractivity contribution in [1.29, 1.82) is 0 Å². The van der Waals surface area contributed by atoms with Gasteiger partial charge in [0.2, 0.25) is 0 Å². The minimum atomic E-state index is -0.508. The molecule has 3 aliphatic rings. The van der Waals surface area contributed by atoms with Crippen LogP contribution in [0.5, 0.6) is 11.6 Å². The number of carbonyl (C=O) groups is 1. The molecule has 1 saturated carbocycles. The van der Waals surface area contributed by atoms with Gasteiger partial charge < -0.3 is 24.8 Å². The summed E-state index contributed by atoms with van der Waals surface area (Å²) < 4.78 is 34.7. The number of aromatic nitrogens is 3. The Bertz CT molecular complexity index is 1540. The zero-order chi connectivity index (χ0) is 33.8. The molecule has 1 aliphatic carbocycles. The Morgan fingerprint density at radius 1 is 1.00 bits per heavy atom. The third kappa shape index (κ3) is 7.72. The second kappa shape index (κ2) is 14.7. The fourth-order valence-electron chi connectivity index (χ4n) is 8.03. The number of para-hydroxylation sites is 1. The highest BCUT2D eigenvalue weighted by Gasteiger charge is 2.39. The average Bonchev–Trinajstić information content (AvgIpc) is 3.53. The molecule has 0 bridgehead atoms. The number of piperidine rings is 1. The molecule has 1 N–H and O–H groups in total. The van der Waals surface area contributed by atoms with Gasteiger partial charge in [-0.05, 0) is 127 Å². The highest BCUT2D eigenvalue weighted by atomic mass is 19.1. The Kier molecular flexibility index (Phi) is 10.4. The fourth-order valence-corrected chi connectivity index (χ4v) is 8.03. The maximum Gasteiger partial charge on any atom is 0.282 e. The molecule has 1 aromatic heterocycles. The first-order valence-corrected chi connectivity index (χ1v) is 17.6. The lowest BCUT2D eigenvalue weighted by atomic mass is 9.67. The molecule has 3 heterocycles. The van der Waals surface area contributed by atoms with Crippen LogP contribution in [0, 0.1) is 23.0 Å². The first-order chi connectivity index (χ1) is 23.1. The van der Waals surface area contributed by atoms with Gasteiger partial charge in [-0.25, -0.2) is 13.8 Å². The molecule has 1 atom stereocenters. The van der Waals surface area contributed by atoms with Crippen LogP contribution in [0.25, 0.3) is 0 Å². The minimum Gasteiger partial charge on any atom is -0.434 e. The average molecular weight is 662 g/mol. The van der Waals surface area contributed by atoms with Gasteiger partial charge in [0.15, 0.2) is 5.82 Å². The van der Waals surface area contributed by atoms with Crippen LogP contribution in [0.15, 0.2) is 48.8 Å². The topological polar surface area (TPSA) is 86.7 Å². The molecule has 1 unspecified atom stereocenters. The maximum absolute atomic E-state index is 14.4. The summed E-state index contributed by atoms with van der Waals surface area (Å²) in [6, 6.07) is 11.1. The van der Waals surface area contributed by atoms with Gasteiger partial charge in [0.25, 0.3) is 11.8 Å². The molecule has 0 radical (unpaired) electrons. The third-order valence-electron chi connectivity index (χ3n) is 10.6. The van der Waals surface area contributed by atoms with Crippen molar-refractivity contribution >= 4 is 17.4 Å². The number of hydrogen-bond acceptors (Lipinski definition) is 8. The van der Waals surface area contributed by atoms with Crippen LogP contribution in [0.2, 0.25) is 0 Å². The number of halogens is 2. The molecule has 2 aromatic carbocycles. The second-order valence-electron chi connectivity index (χ2n) is 14.5. The predicted octanol–water partition coefficient (Wildman–Crippen LogP) is 7.16. The molecule has 3 aromatic rings. The summed E-state index contributed by atoms with van der Waals surface area (Å²) in [4.78, 5) is 24.6. The van der Waals surface area contributed by atoms with Crippen molar-refractivity contribution in [2.24, 2.45) is 11.3 Å². The number of hydrogen-bond donors (Lipinski definition) is 1. The molecule has 48 heavy (non-hydrogen) atoms. The molecule has 6 rings (SSSR count). The number of ether oxygens (including phenoxy) is 1. The van der Waals surface area contributed by atoms with Gasteiger partial charge in [-0.1, -0.05) is 12.1 Å². The summed E-state index contributed by atoms with van der Waals surface area (Å²) in [6.07, 6.45) is 9.45. The van der Waals surface area contributed by atoms with E-state index in [1.807, 2.05) is 39.8 Å². The Balaban J connectivity index is 1.03. The fraction of sp³-hybridized carbons (Fsp3) is 0.568. The molecule has 3 fully saturated rings. The van der Waals surface area contributed by atoms with Gasteiger partial charge in [-0.2, -0.15) is 0 Å². The smallest absolute Gasteiger partial charge is 0.282 e. The standard InChI is InChI=1S/C37H49F2N7O2/c1-25(2)46(26(3)4)36(47)30-21-28(38)9-10-33(30)48-35-34(40-24-41-43-35)45-18-13-27(23-45)22-44-19-16-37(17-20-44)14-11-29(12-15-37)42-32-8-6-5-7-31(32)39/h5-10,21,24-27,29,42H,11-20,22-23H2,1-4H3. The predicted molar refractivity (Wildman–Crippen MR) is 183 cm³/mol. The van der Waals surface area contributed by atoms with Crippen LogP contribution >= 0.6 is 0 Å². The van der Waals surface area contributed by atoms with Gasteiger partial charge in [-0.15, -0.1) is 10.2 Å². The highest BCUT2D eigenvalue weighted by Crippen LogP contribution is 2.45. The van der Waals surface area contributed by atoms with E-state index in [0.29, 0.717) is 28.9 Å². The first kappa shape index (κ1) is 34.0. The lowest BCUT2D eigenvalue weighted by Crippen LogP contribution is -2.45. The van der Waals surface area contributed by atoms with E-state index in [1.54, 1.807) is 11.0 Å². The normalized spacial score (nSPS) is 20.1. The van der Waals surface area contributed by atoms with Gasteiger partial charge in [0.05, 0.1) is 11.3 Å². The number of anilines is 2. The molecule has 258 valence electrons. The van der Waals surface area contributed by atoms with Crippen molar-refractivity contribution in [3.05, 3.63) is 66.0 Å². The molecule has 11 heteroatoms. The van der Waals surface area contributed by atoms with Crippen molar-refractivity contribution < 1.29 is 18.3 Å². The van der Waals surface area contributed by atoms with E-state index >= 15 is 0 Å². The minimum absolute atomic E-state index is 0.0706. The highest BCUT2D eigenvalue weighted by molar-refractivity contribution is 5.97. The number of benzene rings is 2. The quantitative estimate of drug-likeness (QED) is 0.245. The summed E-state index contributed by atoms with van der Waals surface area (Å²) in [6.45, 7) is 12.6. The Morgan fingerprint density at radius 3 is 2.44 bits per heavy atom. The van der Waals surface area contributed by atoms with Crippen molar-refractivity contribution in [3.8, 4) is 11.6 Å². The van der Waals surface area contributed by atoms with E-state index in [9.17, 15) is 13.6 Å². The van der Waals surface area contributed by atoms with Crippen LogP contribution in [0.3, 0.4) is 0 Å². The zero-order valence-corrected chi connectivity index (χ0v) is 28.7. The first-order valence-electron chi connectivity index (χ1n) is 17.6. The Labute approximate surface area is 283 Å². The number of nitrogens with one attached hydrogen (secondary N) is 1. The summed E-state index contributed by atoms with van der Waals surface area (Å²) >= 11 is 0. The van der Waals surface area contributed by atoms with Crippen LogP contribution in [0.4, 0.5) is 20.3 Å². The molecular weight excluding hydrogens is 612 g/mol. The molecule has 1 amide bonds. The van der Waals surface area contributed by atoms with Gasteiger partial charge in [0, 0.05) is 37.8 Å². The van der Waals surface area contributed by atoms with E-state index in [-0.39, 0.29) is 41.0 Å². The lowest BCUT2D eigenvalue weighted by Gasteiger charge is -2.46. The van der Waals surface area contributed by atoms with E-state index in [1.165, 1.54) is 56.3 Å². The van der Waals surface area contributed by atoms with Crippen LogP contribution in [-0.2, 0) is 0 Å². The van der Waals surface area contributed by atoms with E-state index < -0.39 is 5.82 Å². The Hall–Kier alpha value is -3.86. The summed E-state index contributed by atoms with van der Waals surface area (Å²) in [5.41, 5.74) is 1.17. The van der Waals surface area contributed by atoms with Gasteiger partial charge in [0.1, 0.15) is 23.7 Å². The maximum atomic E-state index is 14.4. The summed E-state index contributed by atoms with van der Waals surface area (Å²) in [5, 5.41) is 11.7. The number of nitrogens with zero attached hydrogens (tertiary/aromatic N) is 6. The molecule has 2 saturated heterocycles. The third-order valence-corrected chi connectivity index (χ3v) is 10.6. The Morgan fingerprint density at radius 2 is 1.73 bits per heavy atom. The van der Waals surface area contributed by atoms with Crippen molar-refractivity contribution in [3.63, 3.8) is 0 Å². The van der Waals surface area contributed by atoms with Crippen molar-refractivity contribution in [2.45, 2.75) is 90.8 Å². The van der Waals surface area contributed by atoms with Crippen molar-refractivity contribution in [1.82, 2.24) is 25.0 Å². The monoisotopic (exact) mass is 661 g/mol. The van der Waals surface area contributed by atoms with Crippen LogP contribution < -0.4 is 15.0 Å². The van der Waals surface area contributed by atoms with E-state index in [0.717, 1.165) is 52.0 Å². The summed E-state index contributed by atoms with van der Waals surface area (Å²) in [7, 11) is 0. The largest absolute Gasteiger partial charge is 0.434 e. The molecule has 2 aliphatic heterocycles. The second-order valence-corrected chi connectivity index (χ2v) is 14.5. The van der Waals surface area contributed by atoms with Gasteiger partial charge >= 0.3 is 0 Å². The van der Waals surface area contributed by atoms with Crippen molar-refractivity contribution in [2.75, 3.05) is 42.9 Å². The zero-order valence-electron chi connectivity index (χ0n) is 28.7. The van der Waals surface area contributed by atoms with E-state index in [4.69, 9.17) is 4.74 Å². The number of likely N-dealkylation sites (tertiary alicyclic amines) is 1. The number of carbonyl (C=O) groups excluding carboxylic acids is 1. The number of rotatable bonds is 10. The molecule has 1 spiro atoms. The lowest BCUT2D eigenvalue weighted by molar-refractivity contribution is 0.0584. The SMILES string of the molecule is CC(C)N(C(=O)c1cc(F)ccc1Oc1nncnc1N1CCC(CN2CCC3(CCC(Nc4ccccc4F)CC3)CC2)C1)C(C)C. The molecule has 9 nitrogen and oxygen atoms in total. The van der Waals surface area contributed by atoms with Gasteiger partial charge in [-0.3, -0.25) is 4.79 Å². The molecular formula is C37H49F2N7O2. The van der Waals surface area contributed by atoms with Crippen LogP contribution in [0.1, 0.15) is 83.0 Å². The number of amides is 1. The summed E-state index contributed by atoms with van der Waals surface area (Å²) in [5.74, 6) is 0.515. The van der Waals surface area contributed by atoms with E-state index in [2.05, 4.69) is 30.3 Å². The van der Waals surface area contributed by atoms with Crippen LogP contribution in [-0.4, -0.2) is 81.7 Å².